The molecule has 0 saturated carbocycles. The molecule has 8 heteroatoms. The Morgan fingerprint density at radius 1 is 1.00 bits per heavy atom. The number of rotatable bonds is 4. The largest absolute Gasteiger partial charge is 0.362 e. The Bertz CT molecular complexity index is 1380. The van der Waals surface area contributed by atoms with Crippen LogP contribution in [0.1, 0.15) is 18.5 Å². The van der Waals surface area contributed by atoms with Crippen molar-refractivity contribution < 1.29 is 8.78 Å². The summed E-state index contributed by atoms with van der Waals surface area (Å²) in [6.07, 6.45) is 4.55. The molecule has 1 atom stereocenters. The molecule has 0 radical (unpaired) electrons. The van der Waals surface area contributed by atoms with Crippen LogP contribution in [-0.2, 0) is 0 Å². The fourth-order valence-corrected chi connectivity index (χ4v) is 3.67. The van der Waals surface area contributed by atoms with E-state index in [1.54, 1.807) is 30.5 Å². The first-order valence-electron chi connectivity index (χ1n) is 9.35. The summed E-state index contributed by atoms with van der Waals surface area (Å²) in [7, 11) is 0. The van der Waals surface area contributed by atoms with Gasteiger partial charge in [-0.2, -0.15) is 0 Å². The standard InChI is InChI=1S/C22H16F2N6/c1-12(30-22-20-21(27-10-26-20)28-11-29-22)16-9-17(24)15-6-3-7-25-19(15)18(16)13-4-2-5-14(23)8-13/h2-12H,1H3,(H2,26,27,28,29,30)/t12-/m0/s1. The van der Waals surface area contributed by atoms with E-state index in [0.29, 0.717) is 44.6 Å². The van der Waals surface area contributed by atoms with Crippen molar-refractivity contribution in [2.75, 3.05) is 5.32 Å². The van der Waals surface area contributed by atoms with Crippen LogP contribution in [-0.4, -0.2) is 24.9 Å². The van der Waals surface area contributed by atoms with Crippen molar-refractivity contribution in [1.29, 1.82) is 0 Å². The second kappa shape index (κ2) is 7.14. The van der Waals surface area contributed by atoms with E-state index in [-0.39, 0.29) is 11.9 Å². The van der Waals surface area contributed by atoms with Gasteiger partial charge in [-0.3, -0.25) is 4.98 Å². The lowest BCUT2D eigenvalue weighted by Crippen LogP contribution is -2.11. The zero-order chi connectivity index (χ0) is 20.7. The highest BCUT2D eigenvalue weighted by molar-refractivity contribution is 5.96. The Hall–Kier alpha value is -3.94. The number of anilines is 1. The molecule has 5 aromatic rings. The van der Waals surface area contributed by atoms with Gasteiger partial charge in [0.05, 0.1) is 17.9 Å². The molecule has 0 unspecified atom stereocenters. The Morgan fingerprint density at radius 3 is 2.77 bits per heavy atom. The first-order valence-corrected chi connectivity index (χ1v) is 9.35. The maximum absolute atomic E-state index is 14.9. The van der Waals surface area contributed by atoms with Crippen molar-refractivity contribution in [2.45, 2.75) is 13.0 Å². The molecule has 0 fully saturated rings. The maximum atomic E-state index is 14.9. The predicted octanol–water partition coefficient (Wildman–Crippen LogP) is 5.02. The first kappa shape index (κ1) is 18.1. The number of hydrogen-bond donors (Lipinski definition) is 2. The van der Waals surface area contributed by atoms with Crippen molar-refractivity contribution in [1.82, 2.24) is 24.9 Å². The fourth-order valence-electron chi connectivity index (χ4n) is 3.67. The molecule has 3 heterocycles. The van der Waals surface area contributed by atoms with E-state index in [1.807, 2.05) is 6.92 Å². The van der Waals surface area contributed by atoms with Gasteiger partial charge in [0, 0.05) is 17.1 Å². The zero-order valence-corrected chi connectivity index (χ0v) is 15.9. The van der Waals surface area contributed by atoms with Crippen molar-refractivity contribution in [2.24, 2.45) is 0 Å². The monoisotopic (exact) mass is 402 g/mol. The molecule has 148 valence electrons. The topological polar surface area (TPSA) is 79.4 Å². The number of halogens is 2. The van der Waals surface area contributed by atoms with E-state index < -0.39 is 5.82 Å². The summed E-state index contributed by atoms with van der Waals surface area (Å²) in [4.78, 5) is 19.9. The average molecular weight is 402 g/mol. The molecule has 0 amide bonds. The molecule has 2 aromatic carbocycles. The second-order valence-electron chi connectivity index (χ2n) is 6.92. The van der Waals surface area contributed by atoms with E-state index >= 15 is 0 Å². The van der Waals surface area contributed by atoms with Gasteiger partial charge in [0.2, 0.25) is 0 Å². The van der Waals surface area contributed by atoms with Crippen LogP contribution in [0.25, 0.3) is 33.2 Å². The number of nitrogens with one attached hydrogen (secondary N) is 2. The number of pyridine rings is 1. The molecule has 2 N–H and O–H groups in total. The molecule has 0 aliphatic carbocycles. The van der Waals surface area contributed by atoms with Crippen molar-refractivity contribution >= 4 is 27.9 Å². The molecular weight excluding hydrogens is 386 g/mol. The number of hydrogen-bond acceptors (Lipinski definition) is 5. The van der Waals surface area contributed by atoms with Gasteiger partial charge in [-0.25, -0.2) is 23.7 Å². The zero-order valence-electron chi connectivity index (χ0n) is 15.9. The molecule has 30 heavy (non-hydrogen) atoms. The molecule has 0 aliphatic heterocycles. The second-order valence-corrected chi connectivity index (χ2v) is 6.92. The van der Waals surface area contributed by atoms with Gasteiger partial charge >= 0.3 is 0 Å². The lowest BCUT2D eigenvalue weighted by molar-refractivity contribution is 0.628. The van der Waals surface area contributed by atoms with E-state index in [1.165, 1.54) is 30.9 Å². The number of aromatic amines is 1. The number of imidazole rings is 1. The SMILES string of the molecule is C[C@H](Nc1ncnc2nc[nH]c12)c1cc(F)c2cccnc2c1-c1cccc(F)c1. The average Bonchev–Trinajstić information content (AvgIpc) is 3.23. The smallest absolute Gasteiger partial charge is 0.182 e. The third-order valence-electron chi connectivity index (χ3n) is 5.03. The van der Waals surface area contributed by atoms with Gasteiger partial charge in [0.1, 0.15) is 23.5 Å². The summed E-state index contributed by atoms with van der Waals surface area (Å²) >= 11 is 0. The summed E-state index contributed by atoms with van der Waals surface area (Å²) in [5, 5.41) is 3.67. The molecule has 0 aliphatic rings. The lowest BCUT2D eigenvalue weighted by atomic mass is 9.92. The van der Waals surface area contributed by atoms with E-state index in [2.05, 4.69) is 30.2 Å². The molecular formula is C22H16F2N6. The molecule has 3 aromatic heterocycles. The quantitative estimate of drug-likeness (QED) is 0.441. The van der Waals surface area contributed by atoms with Crippen LogP contribution in [0.5, 0.6) is 0 Å². The third kappa shape index (κ3) is 3.02. The van der Waals surface area contributed by atoms with Gasteiger partial charge in [0.15, 0.2) is 11.5 Å². The minimum absolute atomic E-state index is 0.370. The third-order valence-corrected chi connectivity index (χ3v) is 5.03. The summed E-state index contributed by atoms with van der Waals surface area (Å²) in [6, 6.07) is 10.7. The lowest BCUT2D eigenvalue weighted by Gasteiger charge is -2.21. The normalized spacial score (nSPS) is 12.4. The minimum atomic E-state index is -0.392. The van der Waals surface area contributed by atoms with Crippen LogP contribution in [0.2, 0.25) is 0 Å². The van der Waals surface area contributed by atoms with E-state index in [9.17, 15) is 8.78 Å². The predicted molar refractivity (Wildman–Crippen MR) is 111 cm³/mol. The van der Waals surface area contributed by atoms with Crippen LogP contribution in [0, 0.1) is 11.6 Å². The van der Waals surface area contributed by atoms with Crippen LogP contribution in [0.4, 0.5) is 14.6 Å². The molecule has 5 rings (SSSR count). The van der Waals surface area contributed by atoms with Crippen LogP contribution in [0.15, 0.2) is 61.3 Å². The highest BCUT2D eigenvalue weighted by atomic mass is 19.1. The highest BCUT2D eigenvalue weighted by Crippen LogP contribution is 2.37. The highest BCUT2D eigenvalue weighted by Gasteiger charge is 2.20. The maximum Gasteiger partial charge on any atom is 0.182 e. The number of aromatic nitrogens is 5. The van der Waals surface area contributed by atoms with Crippen LogP contribution >= 0.6 is 0 Å². The number of nitrogens with zero attached hydrogens (tertiary/aromatic N) is 4. The van der Waals surface area contributed by atoms with Gasteiger partial charge in [0.25, 0.3) is 0 Å². The summed E-state index contributed by atoms with van der Waals surface area (Å²) < 4.78 is 29.0. The van der Waals surface area contributed by atoms with Crippen molar-refractivity contribution in [3.8, 4) is 11.1 Å². The minimum Gasteiger partial charge on any atom is -0.362 e. The van der Waals surface area contributed by atoms with Gasteiger partial charge in [-0.05, 0) is 48.4 Å². The fraction of sp³-hybridized carbons (Fsp3) is 0.0909. The molecule has 0 bridgehead atoms. The van der Waals surface area contributed by atoms with Crippen molar-refractivity contribution in [3.05, 3.63) is 78.5 Å². The molecule has 6 nitrogen and oxygen atoms in total. The van der Waals surface area contributed by atoms with Gasteiger partial charge in [-0.1, -0.05) is 12.1 Å². The first-order chi connectivity index (χ1) is 14.6. The number of H-pyrrole nitrogens is 1. The van der Waals surface area contributed by atoms with E-state index in [4.69, 9.17) is 0 Å². The van der Waals surface area contributed by atoms with Gasteiger partial charge < -0.3 is 10.3 Å². The molecule has 0 saturated heterocycles. The Balaban J connectivity index is 1.70. The molecule has 0 spiro atoms. The number of benzene rings is 2. The van der Waals surface area contributed by atoms with Gasteiger partial charge in [-0.15, -0.1) is 0 Å². The van der Waals surface area contributed by atoms with Crippen LogP contribution < -0.4 is 5.32 Å². The summed E-state index contributed by atoms with van der Waals surface area (Å²) in [5.41, 5.74) is 3.57. The Kier molecular flexibility index (Phi) is 4.31. The van der Waals surface area contributed by atoms with Crippen LogP contribution in [0.3, 0.4) is 0 Å². The Labute approximate surface area is 170 Å². The Morgan fingerprint density at radius 2 is 1.90 bits per heavy atom. The number of fused-ring (bicyclic) bond motifs is 2. The van der Waals surface area contributed by atoms with E-state index in [0.717, 1.165) is 0 Å². The summed E-state index contributed by atoms with van der Waals surface area (Å²) in [5.74, 6) is -0.226. The summed E-state index contributed by atoms with van der Waals surface area (Å²) in [6.45, 7) is 1.89. The van der Waals surface area contributed by atoms with Crippen molar-refractivity contribution in [3.63, 3.8) is 0 Å².